The lowest BCUT2D eigenvalue weighted by Gasteiger charge is -2.11. The van der Waals surface area contributed by atoms with Crippen LogP contribution in [-0.4, -0.2) is 16.1 Å². The number of benzene rings is 3. The minimum absolute atomic E-state index is 0.00907. The molecule has 0 saturated heterocycles. The first kappa shape index (κ1) is 25.6. The summed E-state index contributed by atoms with van der Waals surface area (Å²) in [7, 11) is 0. The van der Waals surface area contributed by atoms with Crippen LogP contribution in [0.1, 0.15) is 27.4 Å². The van der Waals surface area contributed by atoms with Gasteiger partial charge in [0.05, 0.1) is 33.8 Å². The van der Waals surface area contributed by atoms with Crippen LogP contribution in [0.5, 0.6) is 0 Å². The molecule has 0 heterocycles. The first-order valence-corrected chi connectivity index (χ1v) is 11.9. The van der Waals surface area contributed by atoms with E-state index in [1.165, 1.54) is 30.3 Å². The number of hydrogen-bond acceptors (Lipinski definition) is 3. The Balaban J connectivity index is 1.51. The van der Waals surface area contributed by atoms with Gasteiger partial charge in [-0.25, -0.2) is 4.39 Å². The second-order valence-electron chi connectivity index (χ2n) is 7.78. The first-order valence-electron chi connectivity index (χ1n) is 9.96. The van der Waals surface area contributed by atoms with Crippen molar-refractivity contribution >= 4 is 81.2 Å². The molecule has 1 aliphatic carbocycles. The molecule has 0 aromatic heterocycles. The molecule has 0 bridgehead atoms. The van der Waals surface area contributed by atoms with Crippen molar-refractivity contribution in [3.8, 4) is 6.07 Å². The van der Waals surface area contributed by atoms with Gasteiger partial charge in [-0.3, -0.25) is 9.59 Å². The topological polar surface area (TPSA) is 82.0 Å². The Morgan fingerprint density at radius 1 is 0.943 bits per heavy atom. The smallest absolute Gasteiger partial charge is 0.257 e. The van der Waals surface area contributed by atoms with Crippen LogP contribution in [0.4, 0.5) is 15.8 Å². The molecule has 11 heteroatoms. The van der Waals surface area contributed by atoms with Crippen molar-refractivity contribution in [2.24, 2.45) is 5.92 Å². The third-order valence-corrected chi connectivity index (χ3v) is 7.11. The molecule has 4 rings (SSSR count). The molecule has 0 radical (unpaired) electrons. The number of halogens is 6. The van der Waals surface area contributed by atoms with Crippen LogP contribution in [0.25, 0.3) is 0 Å². The summed E-state index contributed by atoms with van der Waals surface area (Å²) < 4.78 is 12.8. The van der Waals surface area contributed by atoms with Gasteiger partial charge in [0, 0.05) is 21.7 Å². The number of nitrogens with zero attached hydrogens (tertiary/aromatic N) is 1. The molecule has 5 nitrogen and oxygen atoms in total. The second-order valence-corrected chi connectivity index (χ2v) is 10.5. The summed E-state index contributed by atoms with van der Waals surface area (Å²) in [4.78, 5) is 25.7. The number of alkyl halides is 2. The maximum atomic E-state index is 14.2. The number of carbonyl (C=O) groups excluding carboxylic acids is 2. The molecule has 35 heavy (non-hydrogen) atoms. The van der Waals surface area contributed by atoms with E-state index in [1.54, 1.807) is 18.2 Å². The number of nitrogens with one attached hydrogen (secondary N) is 2. The van der Waals surface area contributed by atoms with Gasteiger partial charge in [0.1, 0.15) is 10.2 Å². The zero-order valence-corrected chi connectivity index (χ0v) is 21.2. The molecule has 2 N–H and O–H groups in total. The Labute approximate surface area is 224 Å². The number of nitriles is 1. The van der Waals surface area contributed by atoms with Crippen molar-refractivity contribution in [1.82, 2.24) is 0 Å². The van der Waals surface area contributed by atoms with Gasteiger partial charge in [0.2, 0.25) is 5.91 Å². The molecule has 1 saturated carbocycles. The highest BCUT2D eigenvalue weighted by molar-refractivity contribution is 6.53. The maximum absolute atomic E-state index is 14.2. The van der Waals surface area contributed by atoms with Gasteiger partial charge in [0.15, 0.2) is 0 Å². The normalized spacial score (nSPS) is 17.9. The number of carbonyl (C=O) groups is 2. The van der Waals surface area contributed by atoms with E-state index in [1.807, 2.05) is 6.07 Å². The van der Waals surface area contributed by atoms with E-state index in [0.717, 1.165) is 6.07 Å². The molecular weight excluding hydrogens is 559 g/mol. The van der Waals surface area contributed by atoms with Crippen LogP contribution < -0.4 is 10.6 Å². The van der Waals surface area contributed by atoms with Crippen molar-refractivity contribution in [2.75, 3.05) is 10.6 Å². The first-order chi connectivity index (χ1) is 16.5. The lowest BCUT2D eigenvalue weighted by atomic mass is 10.1. The van der Waals surface area contributed by atoms with E-state index in [2.05, 4.69) is 10.6 Å². The highest BCUT2D eigenvalue weighted by Crippen LogP contribution is 2.65. The lowest BCUT2D eigenvalue weighted by Crippen LogP contribution is -2.18. The Kier molecular flexibility index (Phi) is 7.19. The second kappa shape index (κ2) is 9.85. The van der Waals surface area contributed by atoms with Crippen LogP contribution in [0.15, 0.2) is 54.6 Å². The van der Waals surface area contributed by atoms with Crippen molar-refractivity contribution in [2.45, 2.75) is 10.3 Å². The molecule has 0 spiro atoms. The molecule has 2 amide bonds. The Bertz CT molecular complexity index is 1390. The van der Waals surface area contributed by atoms with Gasteiger partial charge in [0.25, 0.3) is 5.91 Å². The largest absolute Gasteiger partial charge is 0.326 e. The van der Waals surface area contributed by atoms with Crippen LogP contribution in [0.3, 0.4) is 0 Å². The average molecular weight is 572 g/mol. The molecular formula is C24H13Cl5FN3O2. The zero-order valence-electron chi connectivity index (χ0n) is 17.4. The third-order valence-electron chi connectivity index (χ3n) is 5.40. The zero-order chi connectivity index (χ0) is 25.5. The Morgan fingerprint density at radius 2 is 1.63 bits per heavy atom. The lowest BCUT2D eigenvalue weighted by molar-refractivity contribution is -0.117. The SMILES string of the molecule is N#Cc1ccc(NC(=O)c2cc(NC(=O)[C@H]3[C@H](c4cc(Cl)cc(Cl)c4)C3(Cl)Cl)ccc2Cl)c(F)c1. The van der Waals surface area contributed by atoms with Gasteiger partial charge < -0.3 is 10.6 Å². The van der Waals surface area contributed by atoms with E-state index in [-0.39, 0.29) is 27.5 Å². The fraction of sp³-hybridized carbons (Fsp3) is 0.125. The van der Waals surface area contributed by atoms with Crippen LogP contribution in [-0.2, 0) is 4.79 Å². The highest BCUT2D eigenvalue weighted by Gasteiger charge is 2.67. The fourth-order valence-electron chi connectivity index (χ4n) is 3.70. The summed E-state index contributed by atoms with van der Waals surface area (Å²) >= 11 is 31.0. The molecule has 0 aliphatic heterocycles. The van der Waals surface area contributed by atoms with Crippen LogP contribution in [0.2, 0.25) is 15.1 Å². The fourth-order valence-corrected chi connectivity index (χ4v) is 5.27. The Morgan fingerprint density at radius 3 is 2.26 bits per heavy atom. The predicted octanol–water partition coefficient (Wildman–Crippen LogP) is 7.44. The van der Waals surface area contributed by atoms with Crippen LogP contribution in [0, 0.1) is 23.1 Å². The van der Waals surface area contributed by atoms with Crippen molar-refractivity contribution in [3.63, 3.8) is 0 Å². The summed E-state index contributed by atoms with van der Waals surface area (Å²) in [6, 6.07) is 14.5. The summed E-state index contributed by atoms with van der Waals surface area (Å²) in [6.45, 7) is 0. The molecule has 0 unspecified atom stereocenters. The maximum Gasteiger partial charge on any atom is 0.257 e. The molecule has 178 valence electrons. The predicted molar refractivity (Wildman–Crippen MR) is 136 cm³/mol. The van der Waals surface area contributed by atoms with Gasteiger partial charge in [-0.2, -0.15) is 5.26 Å². The molecule has 1 aliphatic rings. The quantitative estimate of drug-likeness (QED) is 0.313. The highest BCUT2D eigenvalue weighted by atomic mass is 35.5. The molecule has 2 atom stereocenters. The van der Waals surface area contributed by atoms with Crippen molar-refractivity contribution in [3.05, 3.63) is 92.2 Å². The van der Waals surface area contributed by atoms with Gasteiger partial charge >= 0.3 is 0 Å². The van der Waals surface area contributed by atoms with Crippen molar-refractivity contribution < 1.29 is 14.0 Å². The van der Waals surface area contributed by atoms with E-state index >= 15 is 0 Å². The summed E-state index contributed by atoms with van der Waals surface area (Å²) in [5.41, 5.74) is 0.841. The van der Waals surface area contributed by atoms with E-state index < -0.39 is 33.8 Å². The summed E-state index contributed by atoms with van der Waals surface area (Å²) in [6.07, 6.45) is 0. The minimum atomic E-state index is -1.38. The third kappa shape index (κ3) is 5.35. The Hall–Kier alpha value is -2.53. The molecule has 3 aromatic carbocycles. The molecule has 1 fully saturated rings. The summed E-state index contributed by atoms with van der Waals surface area (Å²) in [5.74, 6) is -3.32. The monoisotopic (exact) mass is 569 g/mol. The molecule has 3 aromatic rings. The van der Waals surface area contributed by atoms with E-state index in [4.69, 9.17) is 63.3 Å². The van der Waals surface area contributed by atoms with Gasteiger partial charge in [-0.15, -0.1) is 23.2 Å². The average Bonchev–Trinajstić information content (AvgIpc) is 3.37. The van der Waals surface area contributed by atoms with Gasteiger partial charge in [-0.05, 0) is 60.2 Å². The standard InChI is InChI=1S/C24H13Cl5FN3O2/c25-13-6-12(7-14(26)8-13)20-21(24(20,28)29)23(35)32-15-2-3-17(27)16(9-15)22(34)33-19-4-1-11(10-31)5-18(19)30/h1-9,20-21H,(H,32,35)(H,33,34)/t20-,21+/m0/s1. The number of anilines is 2. The number of amides is 2. The number of rotatable bonds is 5. The number of hydrogen-bond donors (Lipinski definition) is 2. The van der Waals surface area contributed by atoms with E-state index in [9.17, 15) is 14.0 Å². The minimum Gasteiger partial charge on any atom is -0.326 e. The van der Waals surface area contributed by atoms with Crippen LogP contribution >= 0.6 is 58.0 Å². The summed E-state index contributed by atoms with van der Waals surface area (Å²) in [5, 5.41) is 14.8. The van der Waals surface area contributed by atoms with Crippen molar-refractivity contribution in [1.29, 1.82) is 5.26 Å². The van der Waals surface area contributed by atoms with E-state index in [0.29, 0.717) is 15.6 Å². The van der Waals surface area contributed by atoms with Gasteiger partial charge in [-0.1, -0.05) is 34.8 Å².